The predicted octanol–water partition coefficient (Wildman–Crippen LogP) is -0.343. The van der Waals surface area contributed by atoms with Crippen molar-refractivity contribution in [3.05, 3.63) is 22.9 Å². The van der Waals surface area contributed by atoms with Crippen LogP contribution in [0.15, 0.2) is 17.3 Å². The summed E-state index contributed by atoms with van der Waals surface area (Å²) in [4.78, 5) is 18.8. The highest BCUT2D eigenvalue weighted by Crippen LogP contribution is 1.97. The van der Waals surface area contributed by atoms with Crippen LogP contribution in [0.4, 0.5) is 0 Å². The van der Waals surface area contributed by atoms with Crippen LogP contribution in [-0.2, 0) is 7.05 Å². The van der Waals surface area contributed by atoms with Crippen molar-refractivity contribution in [3.63, 3.8) is 0 Å². The van der Waals surface area contributed by atoms with Gasteiger partial charge in [-0.3, -0.25) is 14.6 Å². The van der Waals surface area contributed by atoms with Crippen LogP contribution in [0.1, 0.15) is 0 Å². The minimum Gasteiger partial charge on any atom is -0.279 e. The molecule has 56 valence electrons. The monoisotopic (exact) mass is 150 g/mol. The summed E-state index contributed by atoms with van der Waals surface area (Å²) in [7, 11) is 1.64. The number of nitrogens with zero attached hydrogens (tertiary/aromatic N) is 3. The molecule has 2 heterocycles. The van der Waals surface area contributed by atoms with Gasteiger partial charge in [-0.05, 0) is 0 Å². The summed E-state index contributed by atoms with van der Waals surface area (Å²) in [6, 6.07) is 0. The smallest absolute Gasteiger partial charge is 0.277 e. The summed E-state index contributed by atoms with van der Waals surface area (Å²) < 4.78 is 1.37. The minimum absolute atomic E-state index is 0.0967. The number of rotatable bonds is 0. The SMILES string of the molecule is Cn1[nH]c2ncncc2c1=O. The number of H-pyrrole nitrogens is 1. The van der Waals surface area contributed by atoms with Crippen molar-refractivity contribution in [1.29, 1.82) is 0 Å². The molecule has 0 aliphatic heterocycles. The normalized spacial score (nSPS) is 10.6. The summed E-state index contributed by atoms with van der Waals surface area (Å²) in [6.45, 7) is 0. The predicted molar refractivity (Wildman–Crippen MR) is 39.1 cm³/mol. The molecule has 0 aromatic carbocycles. The lowest BCUT2D eigenvalue weighted by Gasteiger charge is -1.82. The first-order chi connectivity index (χ1) is 5.29. The molecule has 0 aliphatic rings. The van der Waals surface area contributed by atoms with Gasteiger partial charge in [0.25, 0.3) is 5.56 Å². The number of aryl methyl sites for hydroxylation is 1. The van der Waals surface area contributed by atoms with Crippen LogP contribution in [0.25, 0.3) is 11.0 Å². The van der Waals surface area contributed by atoms with Crippen LogP contribution in [0, 0.1) is 0 Å². The van der Waals surface area contributed by atoms with Gasteiger partial charge in [0.2, 0.25) is 0 Å². The number of fused-ring (bicyclic) bond motifs is 1. The third-order valence-electron chi connectivity index (χ3n) is 1.52. The second-order valence-electron chi connectivity index (χ2n) is 2.26. The third kappa shape index (κ3) is 0.739. The standard InChI is InChI=1S/C6H6N4O/c1-10-6(11)4-2-7-3-8-5(4)9-10/h2-3H,1H3,(H,7,8,9). The van der Waals surface area contributed by atoms with Gasteiger partial charge in [-0.25, -0.2) is 9.97 Å². The van der Waals surface area contributed by atoms with Crippen LogP contribution in [-0.4, -0.2) is 19.7 Å². The molecule has 0 aliphatic carbocycles. The second-order valence-corrected chi connectivity index (χ2v) is 2.26. The minimum atomic E-state index is -0.0967. The molecule has 0 radical (unpaired) electrons. The van der Waals surface area contributed by atoms with E-state index in [4.69, 9.17) is 0 Å². The maximum absolute atomic E-state index is 11.2. The first-order valence-electron chi connectivity index (χ1n) is 3.14. The fourth-order valence-electron chi connectivity index (χ4n) is 0.966. The van der Waals surface area contributed by atoms with E-state index in [9.17, 15) is 4.79 Å². The first kappa shape index (κ1) is 6.09. The Bertz CT molecular complexity index is 441. The zero-order chi connectivity index (χ0) is 7.84. The van der Waals surface area contributed by atoms with Gasteiger partial charge in [-0.15, -0.1) is 0 Å². The van der Waals surface area contributed by atoms with Crippen molar-refractivity contribution < 1.29 is 0 Å². The molecule has 0 fully saturated rings. The van der Waals surface area contributed by atoms with Crippen molar-refractivity contribution in [2.45, 2.75) is 0 Å². The summed E-state index contributed by atoms with van der Waals surface area (Å²) in [6.07, 6.45) is 2.90. The van der Waals surface area contributed by atoms with Crippen molar-refractivity contribution in [2.24, 2.45) is 7.05 Å². The molecule has 0 bridgehead atoms. The van der Waals surface area contributed by atoms with E-state index in [1.165, 1.54) is 17.2 Å². The van der Waals surface area contributed by atoms with Crippen molar-refractivity contribution >= 4 is 11.0 Å². The van der Waals surface area contributed by atoms with E-state index < -0.39 is 0 Å². The van der Waals surface area contributed by atoms with Gasteiger partial charge in [0.15, 0.2) is 5.65 Å². The van der Waals surface area contributed by atoms with Crippen LogP contribution < -0.4 is 5.56 Å². The number of nitrogens with one attached hydrogen (secondary N) is 1. The fraction of sp³-hybridized carbons (Fsp3) is 0.167. The molecule has 0 saturated heterocycles. The van der Waals surface area contributed by atoms with E-state index >= 15 is 0 Å². The van der Waals surface area contributed by atoms with Gasteiger partial charge in [0, 0.05) is 13.2 Å². The molecule has 5 heteroatoms. The summed E-state index contributed by atoms with van der Waals surface area (Å²) >= 11 is 0. The van der Waals surface area contributed by atoms with Gasteiger partial charge in [-0.1, -0.05) is 0 Å². The Morgan fingerprint density at radius 3 is 3.18 bits per heavy atom. The zero-order valence-corrected chi connectivity index (χ0v) is 5.90. The molecule has 2 aromatic heterocycles. The van der Waals surface area contributed by atoms with Crippen LogP contribution >= 0.6 is 0 Å². The van der Waals surface area contributed by atoms with E-state index in [1.807, 2.05) is 0 Å². The lowest BCUT2D eigenvalue weighted by Crippen LogP contribution is -2.11. The Morgan fingerprint density at radius 2 is 2.45 bits per heavy atom. The highest BCUT2D eigenvalue weighted by Gasteiger charge is 2.02. The Balaban J connectivity index is 3.04. The van der Waals surface area contributed by atoms with Crippen molar-refractivity contribution in [3.8, 4) is 0 Å². The molecule has 0 saturated carbocycles. The average molecular weight is 150 g/mol. The van der Waals surface area contributed by atoms with Crippen LogP contribution in [0.2, 0.25) is 0 Å². The lowest BCUT2D eigenvalue weighted by atomic mass is 10.4. The Labute approximate surface area is 61.7 Å². The summed E-state index contributed by atoms with van der Waals surface area (Å²) in [5.41, 5.74) is 0.480. The number of hydrogen-bond acceptors (Lipinski definition) is 3. The third-order valence-corrected chi connectivity index (χ3v) is 1.52. The van der Waals surface area contributed by atoms with Gasteiger partial charge in [-0.2, -0.15) is 0 Å². The maximum atomic E-state index is 11.2. The second kappa shape index (κ2) is 1.91. The number of hydrogen-bond donors (Lipinski definition) is 1. The molecule has 5 nitrogen and oxygen atoms in total. The molecule has 0 spiro atoms. The van der Waals surface area contributed by atoms with Crippen molar-refractivity contribution in [2.75, 3.05) is 0 Å². The Morgan fingerprint density at radius 1 is 1.64 bits per heavy atom. The topological polar surface area (TPSA) is 63.6 Å². The molecule has 1 N–H and O–H groups in total. The summed E-state index contributed by atoms with van der Waals surface area (Å²) in [5.74, 6) is 0. The zero-order valence-electron chi connectivity index (χ0n) is 5.90. The van der Waals surface area contributed by atoms with E-state index in [0.717, 1.165) is 0 Å². The van der Waals surface area contributed by atoms with E-state index in [2.05, 4.69) is 15.1 Å². The average Bonchev–Trinajstić information content (AvgIpc) is 2.30. The molecule has 0 atom stereocenters. The molecular formula is C6H6N4O. The van der Waals surface area contributed by atoms with Gasteiger partial charge < -0.3 is 0 Å². The van der Waals surface area contributed by atoms with E-state index in [1.54, 1.807) is 7.05 Å². The molecule has 11 heavy (non-hydrogen) atoms. The Hall–Kier alpha value is -1.65. The highest BCUT2D eigenvalue weighted by molar-refractivity contribution is 5.71. The molecule has 0 amide bonds. The lowest BCUT2D eigenvalue weighted by molar-refractivity contribution is 0.748. The largest absolute Gasteiger partial charge is 0.279 e. The van der Waals surface area contributed by atoms with Crippen LogP contribution in [0.5, 0.6) is 0 Å². The molecule has 2 aromatic rings. The number of aromatic amines is 1. The van der Waals surface area contributed by atoms with Gasteiger partial charge in [0.05, 0.1) is 0 Å². The molecular weight excluding hydrogens is 144 g/mol. The summed E-state index contributed by atoms with van der Waals surface area (Å²) in [5, 5.41) is 3.30. The maximum Gasteiger partial charge on any atom is 0.277 e. The van der Waals surface area contributed by atoms with E-state index in [0.29, 0.717) is 11.0 Å². The fourth-order valence-corrected chi connectivity index (χ4v) is 0.966. The molecule has 2 rings (SSSR count). The Kier molecular flexibility index (Phi) is 1.06. The van der Waals surface area contributed by atoms with E-state index in [-0.39, 0.29) is 5.56 Å². The van der Waals surface area contributed by atoms with Crippen LogP contribution in [0.3, 0.4) is 0 Å². The highest BCUT2D eigenvalue weighted by atomic mass is 16.1. The quantitative estimate of drug-likeness (QED) is 0.558. The number of aromatic nitrogens is 4. The van der Waals surface area contributed by atoms with Gasteiger partial charge in [0.1, 0.15) is 11.7 Å². The van der Waals surface area contributed by atoms with Crippen molar-refractivity contribution in [1.82, 2.24) is 19.7 Å². The first-order valence-corrected chi connectivity index (χ1v) is 3.14. The van der Waals surface area contributed by atoms with Gasteiger partial charge >= 0.3 is 0 Å². The molecule has 0 unspecified atom stereocenters.